The molecule has 3 heteroatoms. The van der Waals surface area contributed by atoms with Crippen molar-refractivity contribution in [3.05, 3.63) is 29.8 Å². The Bertz CT molecular complexity index is 444. The van der Waals surface area contributed by atoms with Gasteiger partial charge in [-0.05, 0) is 48.8 Å². The minimum absolute atomic E-state index is 0.285. The van der Waals surface area contributed by atoms with Gasteiger partial charge in [-0.25, -0.2) is 0 Å². The highest BCUT2D eigenvalue weighted by molar-refractivity contribution is 5.79. The summed E-state index contributed by atoms with van der Waals surface area (Å²) in [5.41, 5.74) is 7.57. The quantitative estimate of drug-likeness (QED) is 0.829. The van der Waals surface area contributed by atoms with E-state index in [1.54, 1.807) is 0 Å². The van der Waals surface area contributed by atoms with Crippen LogP contribution in [0.3, 0.4) is 0 Å². The molecule has 1 amide bonds. The summed E-state index contributed by atoms with van der Waals surface area (Å²) in [6, 6.07) is 7.76. The number of benzene rings is 1. The molecule has 2 unspecified atom stereocenters. The zero-order chi connectivity index (χ0) is 12.7. The highest BCUT2D eigenvalue weighted by Gasteiger charge is 2.48. The predicted octanol–water partition coefficient (Wildman–Crippen LogP) is 2.27. The highest BCUT2D eigenvalue weighted by Crippen LogP contribution is 2.54. The van der Waals surface area contributed by atoms with Crippen LogP contribution in [0.25, 0.3) is 0 Å². The number of hydrogen-bond acceptors (Lipinski definition) is 2. The minimum Gasteiger partial charge on any atom is -0.399 e. The molecular weight excluding hydrogens is 224 g/mol. The zero-order valence-electron chi connectivity index (χ0n) is 10.8. The van der Waals surface area contributed by atoms with Crippen molar-refractivity contribution in [2.75, 3.05) is 12.8 Å². The molecule has 2 aliphatic rings. The van der Waals surface area contributed by atoms with Gasteiger partial charge >= 0.3 is 0 Å². The van der Waals surface area contributed by atoms with Crippen LogP contribution in [0.1, 0.15) is 24.8 Å². The number of nitrogens with zero attached hydrogens (tertiary/aromatic N) is 1. The first-order valence-corrected chi connectivity index (χ1v) is 6.73. The number of nitrogen functional groups attached to an aromatic ring is 1. The van der Waals surface area contributed by atoms with Crippen molar-refractivity contribution in [2.24, 2.45) is 17.8 Å². The molecule has 3 rings (SSSR count). The molecule has 0 spiro atoms. The van der Waals surface area contributed by atoms with Crippen LogP contribution in [-0.2, 0) is 11.3 Å². The van der Waals surface area contributed by atoms with Crippen molar-refractivity contribution in [1.82, 2.24) is 4.90 Å². The molecule has 1 aromatic carbocycles. The summed E-state index contributed by atoms with van der Waals surface area (Å²) in [6.45, 7) is 0.685. The van der Waals surface area contributed by atoms with Gasteiger partial charge in [-0.3, -0.25) is 4.79 Å². The van der Waals surface area contributed by atoms with Crippen LogP contribution in [0.4, 0.5) is 5.69 Å². The molecule has 0 aromatic heterocycles. The molecule has 1 aromatic rings. The molecule has 2 N–H and O–H groups in total. The fourth-order valence-corrected chi connectivity index (χ4v) is 3.20. The van der Waals surface area contributed by atoms with E-state index < -0.39 is 0 Å². The summed E-state index contributed by atoms with van der Waals surface area (Å²) in [7, 11) is 1.91. The number of nitrogens with two attached hydrogens (primary N) is 1. The molecule has 96 valence electrons. The summed E-state index contributed by atoms with van der Waals surface area (Å²) < 4.78 is 0. The number of hydrogen-bond donors (Lipinski definition) is 1. The van der Waals surface area contributed by atoms with E-state index >= 15 is 0 Å². The van der Waals surface area contributed by atoms with Gasteiger partial charge in [-0.15, -0.1) is 0 Å². The molecule has 3 nitrogen and oxygen atoms in total. The van der Waals surface area contributed by atoms with Crippen molar-refractivity contribution in [2.45, 2.75) is 25.8 Å². The first-order chi connectivity index (χ1) is 8.63. The number of rotatable bonds is 3. The van der Waals surface area contributed by atoms with E-state index in [9.17, 15) is 4.79 Å². The third kappa shape index (κ3) is 2.22. The lowest BCUT2D eigenvalue weighted by atomic mass is 10.0. The maximum Gasteiger partial charge on any atom is 0.225 e. The standard InChI is InChI=1S/C15H20N2O/c1-17(9-10-2-4-14(16)5-3-10)15(18)13-7-11-6-12(11)8-13/h2-5,11-13H,6-9,16H2,1H3. The number of carbonyl (C=O) groups is 1. The Labute approximate surface area is 108 Å². The monoisotopic (exact) mass is 244 g/mol. The number of amides is 1. The summed E-state index contributed by atoms with van der Waals surface area (Å²) in [4.78, 5) is 14.1. The molecule has 2 saturated carbocycles. The molecule has 0 saturated heterocycles. The van der Waals surface area contributed by atoms with Gasteiger partial charge in [-0.1, -0.05) is 12.1 Å². The van der Waals surface area contributed by atoms with Crippen LogP contribution >= 0.6 is 0 Å². The van der Waals surface area contributed by atoms with Gasteiger partial charge in [0, 0.05) is 25.2 Å². The van der Waals surface area contributed by atoms with Gasteiger partial charge in [0.1, 0.15) is 0 Å². The smallest absolute Gasteiger partial charge is 0.225 e. The molecule has 2 aliphatic carbocycles. The summed E-state index contributed by atoms with van der Waals surface area (Å²) in [6.07, 6.45) is 3.61. The van der Waals surface area contributed by atoms with Gasteiger partial charge in [0.2, 0.25) is 5.91 Å². The van der Waals surface area contributed by atoms with Crippen LogP contribution in [0.2, 0.25) is 0 Å². The van der Waals surface area contributed by atoms with Crippen LogP contribution in [-0.4, -0.2) is 17.9 Å². The summed E-state index contributed by atoms with van der Waals surface area (Å²) >= 11 is 0. The maximum atomic E-state index is 12.3. The average Bonchev–Trinajstić information content (AvgIpc) is 2.98. The Morgan fingerprint density at radius 1 is 1.22 bits per heavy atom. The average molecular weight is 244 g/mol. The first-order valence-electron chi connectivity index (χ1n) is 6.73. The molecule has 2 fully saturated rings. The van der Waals surface area contributed by atoms with Crippen LogP contribution < -0.4 is 5.73 Å². The lowest BCUT2D eigenvalue weighted by molar-refractivity contribution is -0.134. The second-order valence-electron chi connectivity index (χ2n) is 5.86. The molecule has 0 radical (unpaired) electrons. The third-order valence-corrected chi connectivity index (χ3v) is 4.37. The van der Waals surface area contributed by atoms with Gasteiger partial charge < -0.3 is 10.6 Å². The van der Waals surface area contributed by atoms with Crippen LogP contribution in [0.5, 0.6) is 0 Å². The summed E-state index contributed by atoms with van der Waals surface area (Å²) in [5, 5.41) is 0. The van der Waals surface area contributed by atoms with Crippen LogP contribution in [0.15, 0.2) is 24.3 Å². The van der Waals surface area contributed by atoms with E-state index in [-0.39, 0.29) is 5.92 Å². The molecule has 0 bridgehead atoms. The first kappa shape index (κ1) is 11.6. The summed E-state index contributed by atoms with van der Waals surface area (Å²) in [5.74, 6) is 2.33. The van der Waals surface area contributed by atoms with Crippen molar-refractivity contribution < 1.29 is 4.79 Å². The number of anilines is 1. The topological polar surface area (TPSA) is 46.3 Å². The van der Waals surface area contributed by atoms with Gasteiger partial charge in [0.25, 0.3) is 0 Å². The lowest BCUT2D eigenvalue weighted by Crippen LogP contribution is -2.31. The van der Waals surface area contributed by atoms with E-state index in [0.717, 1.165) is 35.9 Å². The number of carbonyl (C=O) groups excluding carboxylic acids is 1. The van der Waals surface area contributed by atoms with Crippen molar-refractivity contribution in [3.63, 3.8) is 0 Å². The van der Waals surface area contributed by atoms with Gasteiger partial charge in [0.15, 0.2) is 0 Å². The second-order valence-corrected chi connectivity index (χ2v) is 5.86. The van der Waals surface area contributed by atoms with E-state index in [1.807, 2.05) is 36.2 Å². The minimum atomic E-state index is 0.285. The number of fused-ring (bicyclic) bond motifs is 1. The zero-order valence-corrected chi connectivity index (χ0v) is 10.8. The largest absolute Gasteiger partial charge is 0.399 e. The van der Waals surface area contributed by atoms with Crippen molar-refractivity contribution in [1.29, 1.82) is 0 Å². The van der Waals surface area contributed by atoms with Gasteiger partial charge in [0.05, 0.1) is 0 Å². The second kappa shape index (κ2) is 4.30. The van der Waals surface area contributed by atoms with E-state index in [2.05, 4.69) is 0 Å². The Morgan fingerprint density at radius 3 is 2.44 bits per heavy atom. The molecular formula is C15H20N2O. The molecule has 0 heterocycles. The van der Waals surface area contributed by atoms with Crippen LogP contribution in [0, 0.1) is 17.8 Å². The normalized spacial score (nSPS) is 28.8. The van der Waals surface area contributed by atoms with Crippen molar-refractivity contribution >= 4 is 11.6 Å². The SMILES string of the molecule is CN(Cc1ccc(N)cc1)C(=O)C1CC2CC2C1. The Hall–Kier alpha value is -1.51. The van der Waals surface area contributed by atoms with Crippen molar-refractivity contribution in [3.8, 4) is 0 Å². The van der Waals surface area contributed by atoms with E-state index in [1.165, 1.54) is 6.42 Å². The third-order valence-electron chi connectivity index (χ3n) is 4.37. The fourth-order valence-electron chi connectivity index (χ4n) is 3.20. The van der Waals surface area contributed by atoms with E-state index in [4.69, 9.17) is 5.73 Å². The van der Waals surface area contributed by atoms with E-state index in [0.29, 0.717) is 12.5 Å². The molecule has 2 atom stereocenters. The predicted molar refractivity (Wildman–Crippen MR) is 71.6 cm³/mol. The molecule has 0 aliphatic heterocycles. The lowest BCUT2D eigenvalue weighted by Gasteiger charge is -2.22. The fraction of sp³-hybridized carbons (Fsp3) is 0.533. The Morgan fingerprint density at radius 2 is 1.83 bits per heavy atom. The Kier molecular flexibility index (Phi) is 2.77. The highest BCUT2D eigenvalue weighted by atomic mass is 16.2. The maximum absolute atomic E-state index is 12.3. The molecule has 18 heavy (non-hydrogen) atoms. The Balaban J connectivity index is 1.58. The van der Waals surface area contributed by atoms with Gasteiger partial charge in [-0.2, -0.15) is 0 Å².